The number of rotatable bonds is 46. The van der Waals surface area contributed by atoms with Gasteiger partial charge in [0.15, 0.2) is 12.6 Å². The number of allylic oxidation sites excluding steroid dienone is 6. The molecule has 0 aliphatic carbocycles. The van der Waals surface area contributed by atoms with E-state index in [9.17, 15) is 40.5 Å². The number of carbonyl (C=O) groups excluding carboxylic acids is 1. The Hall–Kier alpha value is -1.79. The molecule has 7 N–H and O–H groups in total. The molecule has 0 aromatic rings. The highest BCUT2D eigenvalue weighted by Crippen LogP contribution is 2.27. The smallest absolute Gasteiger partial charge is 0.306 e. The highest BCUT2D eigenvalue weighted by atomic mass is 16.7. The minimum absolute atomic E-state index is 0.0585. The van der Waals surface area contributed by atoms with Crippen LogP contribution in [0.25, 0.3) is 0 Å². The van der Waals surface area contributed by atoms with Gasteiger partial charge in [-0.1, -0.05) is 185 Å². The van der Waals surface area contributed by atoms with Crippen molar-refractivity contribution in [1.82, 2.24) is 0 Å². The van der Waals surface area contributed by atoms with E-state index >= 15 is 0 Å². The van der Waals surface area contributed by atoms with E-state index in [0.29, 0.717) is 13.0 Å². The van der Waals surface area contributed by atoms with Gasteiger partial charge in [0.05, 0.1) is 26.4 Å². The number of unbranched alkanes of at least 4 members (excludes halogenated alkanes) is 26. The van der Waals surface area contributed by atoms with E-state index in [1.165, 1.54) is 135 Å². The highest BCUT2D eigenvalue weighted by Gasteiger charge is 2.47. The van der Waals surface area contributed by atoms with Crippen LogP contribution in [0.5, 0.6) is 0 Å². The average molecular weight is 1010 g/mol. The summed E-state index contributed by atoms with van der Waals surface area (Å²) >= 11 is 0. The summed E-state index contributed by atoms with van der Waals surface area (Å²) in [5.41, 5.74) is 0. The topological polar surface area (TPSA) is 214 Å². The third kappa shape index (κ3) is 31.6. The molecule has 2 rings (SSSR count). The Labute approximate surface area is 429 Å². The molecule has 14 nitrogen and oxygen atoms in total. The monoisotopic (exact) mass is 1010 g/mol. The molecule has 71 heavy (non-hydrogen) atoms. The molecule has 2 aliphatic heterocycles. The van der Waals surface area contributed by atoms with Crippen LogP contribution in [0.4, 0.5) is 0 Å². The molecule has 416 valence electrons. The normalized spacial score (nSPS) is 25.5. The van der Waals surface area contributed by atoms with Gasteiger partial charge < -0.3 is 64.2 Å². The van der Waals surface area contributed by atoms with Gasteiger partial charge in [-0.25, -0.2) is 0 Å². The van der Waals surface area contributed by atoms with Gasteiger partial charge in [0.1, 0.15) is 54.9 Å². The maximum Gasteiger partial charge on any atom is 0.306 e. The highest BCUT2D eigenvalue weighted by molar-refractivity contribution is 5.69. The van der Waals surface area contributed by atoms with Crippen LogP contribution in [-0.4, -0.2) is 142 Å². The second-order valence-corrected chi connectivity index (χ2v) is 20.1. The van der Waals surface area contributed by atoms with E-state index in [4.69, 9.17) is 28.4 Å². The molecule has 0 bridgehead atoms. The molecule has 0 aromatic carbocycles. The first kappa shape index (κ1) is 65.3. The summed E-state index contributed by atoms with van der Waals surface area (Å²) in [6, 6.07) is 0. The molecule has 0 spiro atoms. The van der Waals surface area contributed by atoms with Crippen molar-refractivity contribution in [1.29, 1.82) is 0 Å². The van der Waals surface area contributed by atoms with Gasteiger partial charge in [-0.15, -0.1) is 0 Å². The third-order valence-electron chi connectivity index (χ3n) is 13.6. The molecule has 0 radical (unpaired) electrons. The standard InChI is InChI=1S/C57H104O14/c1-3-5-7-9-11-13-15-17-18-19-20-21-22-23-24-25-26-27-28-29-30-32-34-36-38-40-49(59)69-46(43-66-41-39-37-35-33-31-16-14-12-10-8-6-4-2)44-67-56-55(65)53(63)51(61)48(71-56)45-68-57-54(64)52(62)50(60)47(42-58)70-57/h10,12,15,17,19-20,46-48,50-58,60-65H,3-9,11,13-14,16,18,21-45H2,1-2H3/b12-10-,17-15-,20-19-. The van der Waals surface area contributed by atoms with E-state index in [1.54, 1.807) is 0 Å². The lowest BCUT2D eigenvalue weighted by Crippen LogP contribution is -2.61. The zero-order chi connectivity index (χ0) is 51.6. The Kier molecular flexibility index (Phi) is 40.9. The first-order chi connectivity index (χ1) is 34.6. The third-order valence-corrected chi connectivity index (χ3v) is 13.6. The zero-order valence-corrected chi connectivity index (χ0v) is 44.5. The SMILES string of the molecule is CCCC/C=C\CCCCCCCCOCC(COC1OC(COC2OC(CO)C(O)C(O)C2O)C(O)C(O)C1O)OC(=O)CCCCCCCCCCCCCCC/C=C\C/C=C\CCCCCCC. The molecule has 0 amide bonds. The fraction of sp³-hybridized carbons (Fsp3) is 0.877. The molecule has 2 fully saturated rings. The van der Waals surface area contributed by atoms with Crippen molar-refractivity contribution in [3.8, 4) is 0 Å². The van der Waals surface area contributed by atoms with E-state index in [0.717, 1.165) is 57.8 Å². The van der Waals surface area contributed by atoms with E-state index in [-0.39, 0.29) is 25.6 Å². The van der Waals surface area contributed by atoms with Gasteiger partial charge in [-0.2, -0.15) is 0 Å². The lowest BCUT2D eigenvalue weighted by atomic mass is 9.98. The maximum absolute atomic E-state index is 13.1. The zero-order valence-electron chi connectivity index (χ0n) is 44.5. The molecule has 11 unspecified atom stereocenters. The van der Waals surface area contributed by atoms with Crippen molar-refractivity contribution in [3.63, 3.8) is 0 Å². The van der Waals surface area contributed by atoms with Crippen molar-refractivity contribution >= 4 is 5.97 Å². The minimum Gasteiger partial charge on any atom is -0.457 e. The van der Waals surface area contributed by atoms with Crippen LogP contribution in [0.2, 0.25) is 0 Å². The number of hydrogen-bond donors (Lipinski definition) is 7. The Morgan fingerprint density at radius 2 is 0.887 bits per heavy atom. The van der Waals surface area contributed by atoms with Gasteiger partial charge in [0.25, 0.3) is 0 Å². The summed E-state index contributed by atoms with van der Waals surface area (Å²) in [5.74, 6) is -0.378. The molecule has 2 saturated heterocycles. The largest absolute Gasteiger partial charge is 0.457 e. The predicted octanol–water partition coefficient (Wildman–Crippen LogP) is 9.75. The van der Waals surface area contributed by atoms with Crippen molar-refractivity contribution in [2.75, 3.05) is 33.0 Å². The molecule has 11 atom stereocenters. The predicted molar refractivity (Wildman–Crippen MR) is 280 cm³/mol. The van der Waals surface area contributed by atoms with E-state index in [1.807, 2.05) is 0 Å². The Bertz CT molecular complexity index is 1310. The number of esters is 1. The molecule has 14 heteroatoms. The molecule has 0 saturated carbocycles. The number of ether oxygens (including phenoxy) is 6. The van der Waals surface area contributed by atoms with Crippen molar-refractivity contribution in [2.45, 2.75) is 287 Å². The van der Waals surface area contributed by atoms with Gasteiger partial charge >= 0.3 is 5.97 Å². The summed E-state index contributed by atoms with van der Waals surface area (Å²) in [6.45, 7) is 3.65. The molecule has 2 aliphatic rings. The molecule has 0 aromatic heterocycles. The first-order valence-electron chi connectivity index (χ1n) is 28.6. The number of hydrogen-bond acceptors (Lipinski definition) is 14. The second kappa shape index (κ2) is 44.5. The lowest BCUT2D eigenvalue weighted by Gasteiger charge is -2.42. The quantitative estimate of drug-likeness (QED) is 0.0172. The van der Waals surface area contributed by atoms with Gasteiger partial charge in [0.2, 0.25) is 0 Å². The second-order valence-electron chi connectivity index (χ2n) is 20.1. The van der Waals surface area contributed by atoms with Crippen LogP contribution in [0, 0.1) is 0 Å². The number of carbonyl (C=O) groups is 1. The summed E-state index contributed by atoms with van der Waals surface area (Å²) in [7, 11) is 0. The van der Waals surface area contributed by atoms with Crippen LogP contribution in [0.3, 0.4) is 0 Å². The van der Waals surface area contributed by atoms with Crippen molar-refractivity contribution < 1.29 is 69.0 Å². The Morgan fingerprint density at radius 1 is 0.465 bits per heavy atom. The Balaban J connectivity index is 1.68. The Morgan fingerprint density at radius 3 is 1.41 bits per heavy atom. The van der Waals surface area contributed by atoms with E-state index < -0.39 is 80.7 Å². The number of aliphatic hydroxyl groups is 7. The summed E-state index contributed by atoms with van der Waals surface area (Å²) in [4.78, 5) is 13.1. The fourth-order valence-corrected chi connectivity index (χ4v) is 8.94. The van der Waals surface area contributed by atoms with Crippen LogP contribution in [-0.2, 0) is 33.2 Å². The fourth-order valence-electron chi connectivity index (χ4n) is 8.94. The minimum atomic E-state index is -1.71. The first-order valence-corrected chi connectivity index (χ1v) is 28.6. The van der Waals surface area contributed by atoms with Crippen LogP contribution in [0.1, 0.15) is 219 Å². The van der Waals surface area contributed by atoms with E-state index in [2.05, 4.69) is 50.3 Å². The maximum atomic E-state index is 13.1. The van der Waals surface area contributed by atoms with Crippen LogP contribution in [0.15, 0.2) is 36.5 Å². The van der Waals surface area contributed by atoms with Crippen molar-refractivity contribution in [2.24, 2.45) is 0 Å². The van der Waals surface area contributed by atoms with Crippen LogP contribution >= 0.6 is 0 Å². The average Bonchev–Trinajstić information content (AvgIpc) is 3.37. The van der Waals surface area contributed by atoms with Gasteiger partial charge in [-0.3, -0.25) is 4.79 Å². The van der Waals surface area contributed by atoms with Crippen LogP contribution < -0.4 is 0 Å². The van der Waals surface area contributed by atoms with Gasteiger partial charge in [0, 0.05) is 13.0 Å². The number of aliphatic hydroxyl groups excluding tert-OH is 7. The summed E-state index contributed by atoms with van der Waals surface area (Å²) in [6.07, 6.45) is 35.0. The lowest BCUT2D eigenvalue weighted by molar-refractivity contribution is -0.332. The molecule has 2 heterocycles. The van der Waals surface area contributed by atoms with Gasteiger partial charge in [-0.05, 0) is 64.2 Å². The summed E-state index contributed by atoms with van der Waals surface area (Å²) < 4.78 is 34.3. The van der Waals surface area contributed by atoms with Crippen molar-refractivity contribution in [3.05, 3.63) is 36.5 Å². The molecular weight excluding hydrogens is 909 g/mol. The summed E-state index contributed by atoms with van der Waals surface area (Å²) in [5, 5.41) is 72.2. The molecular formula is C57H104O14.